The van der Waals surface area contributed by atoms with Crippen LogP contribution in [0.3, 0.4) is 0 Å². The molecule has 0 saturated heterocycles. The molecule has 7 heteroatoms. The van der Waals surface area contributed by atoms with Gasteiger partial charge in [-0.15, -0.1) is 0 Å². The maximum atomic E-state index is 12.2. The summed E-state index contributed by atoms with van der Waals surface area (Å²) in [6.07, 6.45) is 0. The molecule has 0 aliphatic heterocycles. The van der Waals surface area contributed by atoms with Crippen molar-refractivity contribution in [1.29, 1.82) is 0 Å². The van der Waals surface area contributed by atoms with Gasteiger partial charge in [0, 0.05) is 12.4 Å². The second-order valence-corrected chi connectivity index (χ2v) is 4.43. The fourth-order valence-corrected chi connectivity index (χ4v) is 2.01. The van der Waals surface area contributed by atoms with E-state index in [1.165, 1.54) is 0 Å². The number of aryl methyl sites for hydroxylation is 1. The number of anilines is 2. The molecule has 7 nitrogen and oxygen atoms in total. The minimum Gasteiger partial charge on any atom is -0.373 e. The van der Waals surface area contributed by atoms with Crippen molar-refractivity contribution in [2.75, 3.05) is 17.7 Å². The maximum absolute atomic E-state index is 12.2. The average molecular weight is 283 g/mol. The van der Waals surface area contributed by atoms with E-state index in [4.69, 9.17) is 4.52 Å². The Hall–Kier alpha value is -2.96. The van der Waals surface area contributed by atoms with E-state index in [1.54, 1.807) is 20.0 Å². The predicted octanol–water partition coefficient (Wildman–Crippen LogP) is 2.22. The molecule has 0 aliphatic carbocycles. The van der Waals surface area contributed by atoms with Gasteiger partial charge in [-0.1, -0.05) is 29.4 Å². The number of carbonyl (C=O) groups is 1. The number of aromatic nitrogens is 3. The van der Waals surface area contributed by atoms with E-state index >= 15 is 0 Å². The molecule has 21 heavy (non-hydrogen) atoms. The lowest BCUT2D eigenvalue weighted by Crippen LogP contribution is -2.14. The first-order valence-corrected chi connectivity index (χ1v) is 6.36. The van der Waals surface area contributed by atoms with Crippen LogP contribution < -0.4 is 10.6 Å². The molecule has 3 aromatic rings. The van der Waals surface area contributed by atoms with Crippen LogP contribution in [-0.4, -0.2) is 28.1 Å². The van der Waals surface area contributed by atoms with Gasteiger partial charge < -0.3 is 9.84 Å². The molecule has 1 amide bonds. The van der Waals surface area contributed by atoms with Gasteiger partial charge in [0.1, 0.15) is 11.5 Å². The Labute approximate surface area is 120 Å². The van der Waals surface area contributed by atoms with Gasteiger partial charge in [-0.05, 0) is 18.4 Å². The van der Waals surface area contributed by atoms with Crippen LogP contribution in [0.5, 0.6) is 0 Å². The third kappa shape index (κ3) is 2.53. The summed E-state index contributed by atoms with van der Waals surface area (Å²) in [5, 5.41) is 11.0. The molecular weight excluding hydrogens is 270 g/mol. The molecule has 2 aromatic heterocycles. The van der Waals surface area contributed by atoms with Crippen LogP contribution in [0.25, 0.3) is 10.8 Å². The average Bonchev–Trinajstić information content (AvgIpc) is 2.91. The third-order valence-corrected chi connectivity index (χ3v) is 2.96. The first kappa shape index (κ1) is 13.0. The minimum absolute atomic E-state index is 0.0541. The van der Waals surface area contributed by atoms with E-state index in [0.29, 0.717) is 11.6 Å². The van der Waals surface area contributed by atoms with E-state index in [-0.39, 0.29) is 11.7 Å². The summed E-state index contributed by atoms with van der Waals surface area (Å²) in [4.78, 5) is 20.4. The maximum Gasteiger partial charge on any atom is 0.328 e. The Bertz CT molecular complexity index is 812. The molecule has 0 bridgehead atoms. The zero-order valence-corrected chi connectivity index (χ0v) is 11.5. The number of hydrogen-bond acceptors (Lipinski definition) is 6. The van der Waals surface area contributed by atoms with Gasteiger partial charge in [0.2, 0.25) is 0 Å². The first-order valence-electron chi connectivity index (χ1n) is 6.36. The number of hydrogen-bond donors (Lipinski definition) is 2. The molecule has 2 heterocycles. The monoisotopic (exact) mass is 283 g/mol. The summed E-state index contributed by atoms with van der Waals surface area (Å²) in [6.45, 7) is 1.67. The van der Waals surface area contributed by atoms with Crippen molar-refractivity contribution in [1.82, 2.24) is 15.1 Å². The number of benzene rings is 1. The Morgan fingerprint density at radius 1 is 1.24 bits per heavy atom. The molecule has 106 valence electrons. The molecule has 0 radical (unpaired) electrons. The third-order valence-electron chi connectivity index (χ3n) is 2.96. The smallest absolute Gasteiger partial charge is 0.328 e. The second kappa shape index (κ2) is 5.20. The number of amides is 1. The van der Waals surface area contributed by atoms with Gasteiger partial charge >= 0.3 is 6.01 Å². The van der Waals surface area contributed by atoms with Crippen molar-refractivity contribution in [3.8, 4) is 0 Å². The molecule has 0 unspecified atom stereocenters. The number of nitrogens with zero attached hydrogens (tertiary/aromatic N) is 3. The lowest BCUT2D eigenvalue weighted by molar-refractivity contribution is 0.101. The predicted molar refractivity (Wildman–Crippen MR) is 78.3 cm³/mol. The summed E-state index contributed by atoms with van der Waals surface area (Å²) < 4.78 is 4.86. The Morgan fingerprint density at radius 3 is 2.76 bits per heavy atom. The topological polar surface area (TPSA) is 92.9 Å². The van der Waals surface area contributed by atoms with E-state index in [0.717, 1.165) is 10.8 Å². The highest BCUT2D eigenvalue weighted by Gasteiger charge is 2.14. The summed E-state index contributed by atoms with van der Waals surface area (Å²) in [7, 11) is 1.76. The number of nitrogens with one attached hydrogen (secondary N) is 2. The second-order valence-electron chi connectivity index (χ2n) is 4.43. The zero-order valence-electron chi connectivity index (χ0n) is 11.5. The summed E-state index contributed by atoms with van der Waals surface area (Å²) >= 11 is 0. The van der Waals surface area contributed by atoms with Gasteiger partial charge in [-0.25, -0.2) is 4.98 Å². The van der Waals surface area contributed by atoms with Crippen molar-refractivity contribution in [3.05, 3.63) is 41.9 Å². The van der Waals surface area contributed by atoms with Gasteiger partial charge in [-0.3, -0.25) is 10.1 Å². The number of carbonyl (C=O) groups excluding carboxylic acids is 1. The quantitative estimate of drug-likeness (QED) is 0.765. The van der Waals surface area contributed by atoms with Crippen molar-refractivity contribution in [2.24, 2.45) is 0 Å². The molecule has 1 aromatic carbocycles. The van der Waals surface area contributed by atoms with Crippen molar-refractivity contribution in [3.63, 3.8) is 0 Å². The van der Waals surface area contributed by atoms with Crippen molar-refractivity contribution >= 4 is 28.5 Å². The Balaban J connectivity index is 1.98. The van der Waals surface area contributed by atoms with Crippen molar-refractivity contribution in [2.45, 2.75) is 6.92 Å². The Kier molecular flexibility index (Phi) is 3.23. The fourth-order valence-electron chi connectivity index (χ4n) is 2.01. The van der Waals surface area contributed by atoms with Gasteiger partial charge in [0.25, 0.3) is 5.91 Å². The normalized spacial score (nSPS) is 10.6. The van der Waals surface area contributed by atoms with Crippen LogP contribution in [-0.2, 0) is 0 Å². The van der Waals surface area contributed by atoms with Crippen LogP contribution in [0, 0.1) is 6.92 Å². The summed E-state index contributed by atoms with van der Waals surface area (Å²) in [5.41, 5.74) is 0.272. The van der Waals surface area contributed by atoms with Crippen LogP contribution in [0.1, 0.15) is 16.3 Å². The lowest BCUT2D eigenvalue weighted by atomic mass is 10.1. The largest absolute Gasteiger partial charge is 0.373 e. The van der Waals surface area contributed by atoms with Crippen molar-refractivity contribution < 1.29 is 9.32 Å². The minimum atomic E-state index is -0.402. The molecule has 0 fully saturated rings. The number of pyridine rings is 1. The molecular formula is C14H13N5O2. The van der Waals surface area contributed by atoms with Crippen LogP contribution in [0.2, 0.25) is 0 Å². The van der Waals surface area contributed by atoms with Gasteiger partial charge in [0.05, 0.1) is 0 Å². The summed E-state index contributed by atoms with van der Waals surface area (Å²) in [5.74, 6) is 0.688. The van der Waals surface area contributed by atoms with Crippen LogP contribution in [0.15, 0.2) is 34.9 Å². The lowest BCUT2D eigenvalue weighted by Gasteiger charge is -2.08. The number of rotatable bonds is 3. The molecule has 0 spiro atoms. The fraction of sp³-hybridized carbons (Fsp3) is 0.143. The molecule has 3 rings (SSSR count). The Morgan fingerprint density at radius 2 is 2.05 bits per heavy atom. The van der Waals surface area contributed by atoms with Gasteiger partial charge in [-0.2, -0.15) is 4.98 Å². The molecule has 0 saturated carbocycles. The first-order chi connectivity index (χ1) is 10.2. The highest BCUT2D eigenvalue weighted by atomic mass is 16.5. The zero-order chi connectivity index (χ0) is 14.8. The molecule has 0 aliphatic rings. The van der Waals surface area contributed by atoms with E-state index in [1.807, 2.05) is 24.3 Å². The van der Waals surface area contributed by atoms with E-state index in [9.17, 15) is 4.79 Å². The van der Waals surface area contributed by atoms with E-state index < -0.39 is 5.91 Å². The summed E-state index contributed by atoms with van der Waals surface area (Å²) in [6, 6.07) is 9.46. The van der Waals surface area contributed by atoms with E-state index in [2.05, 4.69) is 25.8 Å². The number of fused-ring (bicyclic) bond motifs is 1. The molecule has 0 atom stereocenters. The van der Waals surface area contributed by atoms with Crippen LogP contribution >= 0.6 is 0 Å². The highest BCUT2D eigenvalue weighted by molar-refractivity contribution is 6.05. The highest BCUT2D eigenvalue weighted by Crippen LogP contribution is 2.22. The van der Waals surface area contributed by atoms with Crippen LogP contribution in [0.4, 0.5) is 11.8 Å². The van der Waals surface area contributed by atoms with Gasteiger partial charge in [0.15, 0.2) is 5.82 Å². The standard InChI is InChI=1S/C14H13N5O2/c1-8-16-14(21-19-8)18-13(20)11-7-9-5-3-4-6-10(9)12(15-2)17-11/h3-7H,1-2H3,(H,15,17)(H,16,18,19,20). The SMILES string of the molecule is CNc1nc(C(=O)Nc2nc(C)no2)cc2ccccc12. The molecule has 2 N–H and O–H groups in total.